The van der Waals surface area contributed by atoms with E-state index in [0.29, 0.717) is 0 Å². The van der Waals surface area contributed by atoms with Crippen LogP contribution in [-0.4, -0.2) is 0 Å². The highest BCUT2D eigenvalue weighted by atomic mass is 32.1. The van der Waals surface area contributed by atoms with Crippen molar-refractivity contribution in [2.45, 2.75) is 0 Å². The Morgan fingerprint density at radius 2 is 1.02 bits per heavy atom. The van der Waals surface area contributed by atoms with Gasteiger partial charge in [-0.3, -0.25) is 0 Å². The van der Waals surface area contributed by atoms with Gasteiger partial charge in [-0.2, -0.15) is 0 Å². The van der Waals surface area contributed by atoms with Gasteiger partial charge in [0.05, 0.1) is 10.4 Å². The summed E-state index contributed by atoms with van der Waals surface area (Å²) in [6, 6.07) is 68.0. The Labute approximate surface area is 310 Å². The molecular weight excluding hydrogens is 663 g/mol. The minimum Gasteiger partial charge on any atom is -0.455 e. The molecule has 0 aliphatic rings. The molecule has 0 saturated carbocycles. The molecule has 0 spiro atoms. The van der Waals surface area contributed by atoms with Crippen LogP contribution in [0.1, 0.15) is 0 Å². The zero-order valence-electron chi connectivity index (χ0n) is 28.7. The van der Waals surface area contributed by atoms with E-state index in [9.17, 15) is 0 Å². The van der Waals surface area contributed by atoms with Crippen LogP contribution in [0.15, 0.2) is 192 Å². The molecule has 248 valence electrons. The van der Waals surface area contributed by atoms with Gasteiger partial charge < -0.3 is 9.32 Å². The van der Waals surface area contributed by atoms with Gasteiger partial charge in [0.1, 0.15) is 11.2 Å². The second kappa shape index (κ2) is 11.9. The summed E-state index contributed by atoms with van der Waals surface area (Å²) < 4.78 is 8.99. The molecule has 0 aliphatic carbocycles. The van der Waals surface area contributed by atoms with Crippen molar-refractivity contribution < 1.29 is 4.42 Å². The van der Waals surface area contributed by atoms with E-state index in [-0.39, 0.29) is 0 Å². The van der Waals surface area contributed by atoms with E-state index in [1.165, 1.54) is 53.1 Å². The van der Waals surface area contributed by atoms with Gasteiger partial charge in [0.25, 0.3) is 0 Å². The number of fused-ring (bicyclic) bond motifs is 9. The Morgan fingerprint density at radius 1 is 0.396 bits per heavy atom. The zero-order valence-corrected chi connectivity index (χ0v) is 29.5. The van der Waals surface area contributed by atoms with Crippen molar-refractivity contribution in [2.24, 2.45) is 0 Å². The van der Waals surface area contributed by atoms with Crippen molar-refractivity contribution in [3.8, 4) is 22.3 Å². The molecule has 2 nitrogen and oxygen atoms in total. The Morgan fingerprint density at radius 3 is 1.83 bits per heavy atom. The average Bonchev–Trinajstić information content (AvgIpc) is 3.80. The van der Waals surface area contributed by atoms with E-state index in [1.54, 1.807) is 0 Å². The van der Waals surface area contributed by atoms with Crippen LogP contribution in [0.3, 0.4) is 0 Å². The smallest absolute Gasteiger partial charge is 0.143 e. The highest BCUT2D eigenvalue weighted by Gasteiger charge is 2.19. The third kappa shape index (κ3) is 4.86. The first-order valence-electron chi connectivity index (χ1n) is 18.0. The van der Waals surface area contributed by atoms with E-state index < -0.39 is 0 Å². The molecule has 2 aromatic heterocycles. The van der Waals surface area contributed by atoms with Crippen LogP contribution in [0.2, 0.25) is 0 Å². The summed E-state index contributed by atoms with van der Waals surface area (Å²) in [5.41, 5.74) is 10.0. The highest BCUT2D eigenvalue weighted by molar-refractivity contribution is 7.26. The molecule has 0 fully saturated rings. The molecule has 0 radical (unpaired) electrons. The number of nitrogens with zero attached hydrogens (tertiary/aromatic N) is 1. The fourth-order valence-electron chi connectivity index (χ4n) is 8.09. The van der Waals surface area contributed by atoms with Crippen molar-refractivity contribution in [1.29, 1.82) is 0 Å². The lowest BCUT2D eigenvalue weighted by Crippen LogP contribution is -2.10. The number of thiophene rings is 1. The maximum Gasteiger partial charge on any atom is 0.143 e. The lowest BCUT2D eigenvalue weighted by atomic mass is 9.98. The Balaban J connectivity index is 1.03. The van der Waals surface area contributed by atoms with Crippen molar-refractivity contribution >= 4 is 92.1 Å². The van der Waals surface area contributed by atoms with E-state index in [0.717, 1.165) is 49.8 Å². The van der Waals surface area contributed by atoms with Crippen LogP contribution in [0.25, 0.3) is 85.9 Å². The molecule has 11 rings (SSSR count). The first kappa shape index (κ1) is 30.0. The minimum absolute atomic E-state index is 0.909. The van der Waals surface area contributed by atoms with Crippen LogP contribution in [-0.2, 0) is 0 Å². The Bertz CT molecular complexity index is 3160. The molecule has 0 aliphatic heterocycles. The van der Waals surface area contributed by atoms with E-state index in [1.807, 2.05) is 11.3 Å². The maximum absolute atomic E-state index is 6.41. The second-order valence-corrected chi connectivity index (χ2v) is 14.7. The lowest BCUT2D eigenvalue weighted by molar-refractivity contribution is 0.672. The summed E-state index contributed by atoms with van der Waals surface area (Å²) in [5, 5.41) is 9.71. The third-order valence-electron chi connectivity index (χ3n) is 10.7. The van der Waals surface area contributed by atoms with Gasteiger partial charge in [-0.25, -0.2) is 0 Å². The monoisotopic (exact) mass is 693 g/mol. The van der Waals surface area contributed by atoms with Crippen molar-refractivity contribution in [1.82, 2.24) is 0 Å². The van der Waals surface area contributed by atoms with Crippen LogP contribution in [0.4, 0.5) is 17.1 Å². The predicted octanol–water partition coefficient (Wildman–Crippen LogP) is 15.1. The molecule has 0 atom stereocenters. The Hall–Kier alpha value is -6.68. The molecular formula is C50H31NOS. The molecule has 9 aromatic carbocycles. The van der Waals surface area contributed by atoms with Gasteiger partial charge in [-0.1, -0.05) is 133 Å². The average molecular weight is 694 g/mol. The summed E-state index contributed by atoms with van der Waals surface area (Å²) in [6.45, 7) is 0. The predicted molar refractivity (Wildman–Crippen MR) is 227 cm³/mol. The molecule has 11 aromatic rings. The van der Waals surface area contributed by atoms with Gasteiger partial charge >= 0.3 is 0 Å². The molecule has 0 amide bonds. The van der Waals surface area contributed by atoms with Crippen molar-refractivity contribution in [3.05, 3.63) is 188 Å². The van der Waals surface area contributed by atoms with Gasteiger partial charge in [-0.05, 0) is 93.0 Å². The van der Waals surface area contributed by atoms with Crippen molar-refractivity contribution in [3.63, 3.8) is 0 Å². The summed E-state index contributed by atoms with van der Waals surface area (Å²) in [7, 11) is 0. The molecule has 0 saturated heterocycles. The van der Waals surface area contributed by atoms with E-state index in [2.05, 4.69) is 193 Å². The normalized spacial score (nSPS) is 11.8. The number of rotatable bonds is 5. The molecule has 2 heterocycles. The van der Waals surface area contributed by atoms with Crippen LogP contribution in [0, 0.1) is 0 Å². The highest BCUT2D eigenvalue weighted by Crippen LogP contribution is 2.45. The summed E-state index contributed by atoms with van der Waals surface area (Å²) in [6.07, 6.45) is 0. The molecule has 0 unspecified atom stereocenters. The summed E-state index contributed by atoms with van der Waals surface area (Å²) in [4.78, 5) is 2.41. The SMILES string of the molecule is c1ccc2c(-c3ccc(N(c4ccc(-c5ccc6oc7c8ccccc8ccc7c6c5)cc4)c4cccc5c4sc4ccccc45)cc3)cccc2c1. The second-order valence-electron chi connectivity index (χ2n) is 13.7. The minimum atomic E-state index is 0.909. The number of benzene rings is 9. The van der Waals surface area contributed by atoms with Crippen LogP contribution < -0.4 is 4.90 Å². The quantitative estimate of drug-likeness (QED) is 0.178. The van der Waals surface area contributed by atoms with Gasteiger partial charge in [-0.15, -0.1) is 11.3 Å². The van der Waals surface area contributed by atoms with E-state index in [4.69, 9.17) is 4.42 Å². The van der Waals surface area contributed by atoms with Crippen molar-refractivity contribution in [2.75, 3.05) is 4.90 Å². The van der Waals surface area contributed by atoms with Gasteiger partial charge in [0.15, 0.2) is 0 Å². The fourth-order valence-corrected chi connectivity index (χ4v) is 9.30. The first-order chi connectivity index (χ1) is 26.3. The fraction of sp³-hybridized carbons (Fsp3) is 0. The summed E-state index contributed by atoms with van der Waals surface area (Å²) >= 11 is 1.86. The number of hydrogen-bond acceptors (Lipinski definition) is 3. The molecule has 53 heavy (non-hydrogen) atoms. The van der Waals surface area contributed by atoms with Crippen LogP contribution in [0.5, 0.6) is 0 Å². The first-order valence-corrected chi connectivity index (χ1v) is 18.8. The topological polar surface area (TPSA) is 16.4 Å². The number of furan rings is 1. The molecule has 0 N–H and O–H groups in total. The maximum atomic E-state index is 6.41. The van der Waals surface area contributed by atoms with E-state index >= 15 is 0 Å². The largest absolute Gasteiger partial charge is 0.455 e. The third-order valence-corrected chi connectivity index (χ3v) is 11.9. The molecule has 3 heteroatoms. The van der Waals surface area contributed by atoms with Crippen LogP contribution >= 0.6 is 11.3 Å². The zero-order chi connectivity index (χ0) is 34.9. The molecule has 0 bridgehead atoms. The number of hydrogen-bond donors (Lipinski definition) is 0. The van der Waals surface area contributed by atoms with Gasteiger partial charge in [0, 0.05) is 43.0 Å². The lowest BCUT2D eigenvalue weighted by Gasteiger charge is -2.26. The standard InChI is InChI=1S/C50H31NOS/c1-3-12-39-33(9-1)11-7-15-40(39)35-21-27-38(28-22-35)51(46-17-8-16-44-42-14-5-6-18-48(42)53-50(44)46)37-25-19-32(20-26-37)36-24-30-47-45(31-36)43-29-23-34-10-2-4-13-41(34)49(43)52-47/h1-31H. The Kier molecular flexibility index (Phi) is 6.76. The summed E-state index contributed by atoms with van der Waals surface area (Å²) in [5.74, 6) is 0. The number of anilines is 3. The van der Waals surface area contributed by atoms with Gasteiger partial charge in [0.2, 0.25) is 0 Å².